The zero-order valence-electron chi connectivity index (χ0n) is 7.94. The van der Waals surface area contributed by atoms with E-state index in [1.165, 1.54) is 0 Å². The van der Waals surface area contributed by atoms with Gasteiger partial charge in [-0.15, -0.1) is 0 Å². The average Bonchev–Trinajstić information content (AvgIpc) is 2.26. The van der Waals surface area contributed by atoms with Crippen LogP contribution in [0.1, 0.15) is 5.69 Å². The molecule has 1 aromatic carbocycles. The Labute approximate surface area is 82.5 Å². The normalized spacial score (nSPS) is 10.9. The zero-order valence-corrected chi connectivity index (χ0v) is 7.94. The smallest absolute Gasteiger partial charge is 0.0837 e. The van der Waals surface area contributed by atoms with Crippen molar-refractivity contribution >= 4 is 17.1 Å². The van der Waals surface area contributed by atoms with Gasteiger partial charge in [0.25, 0.3) is 0 Å². The molecule has 70 valence electrons. The molecule has 14 heavy (non-hydrogen) atoms. The van der Waals surface area contributed by atoms with Crippen LogP contribution in [-0.2, 0) is 0 Å². The Morgan fingerprint density at radius 3 is 2.93 bits per heavy atom. The lowest BCUT2D eigenvalue weighted by Gasteiger charge is -1.97. The second-order valence-electron chi connectivity index (χ2n) is 2.91. The second-order valence-corrected chi connectivity index (χ2v) is 2.91. The largest absolute Gasteiger partial charge is 0.313 e. The molecule has 0 unspecified atom stereocenters. The van der Waals surface area contributed by atoms with Gasteiger partial charge >= 0.3 is 0 Å². The van der Waals surface area contributed by atoms with E-state index in [1.54, 1.807) is 13.3 Å². The number of hydrogen-bond donors (Lipinski definition) is 1. The van der Waals surface area contributed by atoms with Crippen LogP contribution >= 0.6 is 0 Å². The van der Waals surface area contributed by atoms with Gasteiger partial charge < -0.3 is 5.43 Å². The third-order valence-corrected chi connectivity index (χ3v) is 1.95. The monoisotopic (exact) mass is 185 g/mol. The molecule has 3 nitrogen and oxygen atoms in total. The molecule has 0 saturated heterocycles. The number of nitrogens with one attached hydrogen (secondary N) is 1. The van der Waals surface area contributed by atoms with E-state index in [0.29, 0.717) is 0 Å². The van der Waals surface area contributed by atoms with Crippen LogP contribution in [0.2, 0.25) is 0 Å². The number of rotatable bonds is 2. The summed E-state index contributed by atoms with van der Waals surface area (Å²) in [5, 5.41) is 5.06. The van der Waals surface area contributed by atoms with Crippen LogP contribution < -0.4 is 5.43 Å². The molecule has 0 spiro atoms. The van der Waals surface area contributed by atoms with Gasteiger partial charge in [-0.05, 0) is 12.1 Å². The van der Waals surface area contributed by atoms with Crippen LogP contribution in [0.3, 0.4) is 0 Å². The summed E-state index contributed by atoms with van der Waals surface area (Å²) in [7, 11) is 1.76. The number of pyridine rings is 1. The molecule has 1 N–H and O–H groups in total. The minimum Gasteiger partial charge on any atom is -0.313 e. The number of hydrogen-bond acceptors (Lipinski definition) is 3. The zero-order chi connectivity index (χ0) is 9.80. The van der Waals surface area contributed by atoms with E-state index in [4.69, 9.17) is 0 Å². The Morgan fingerprint density at radius 1 is 1.21 bits per heavy atom. The third kappa shape index (κ3) is 1.71. The summed E-state index contributed by atoms with van der Waals surface area (Å²) in [4.78, 5) is 4.42. The number of para-hydroxylation sites is 1. The van der Waals surface area contributed by atoms with E-state index < -0.39 is 0 Å². The van der Waals surface area contributed by atoms with Crippen molar-refractivity contribution in [3.05, 3.63) is 42.1 Å². The van der Waals surface area contributed by atoms with Crippen LogP contribution in [-0.4, -0.2) is 18.2 Å². The Bertz CT molecular complexity index is 463. The number of hydrazone groups is 1. The molecule has 2 aromatic rings. The van der Waals surface area contributed by atoms with Gasteiger partial charge in [-0.2, -0.15) is 5.10 Å². The Kier molecular flexibility index (Phi) is 2.40. The third-order valence-electron chi connectivity index (χ3n) is 1.95. The summed E-state index contributed by atoms with van der Waals surface area (Å²) in [6.07, 6.45) is 1.70. The topological polar surface area (TPSA) is 37.3 Å². The molecular weight excluding hydrogens is 174 g/mol. The first-order valence-corrected chi connectivity index (χ1v) is 4.46. The summed E-state index contributed by atoms with van der Waals surface area (Å²) in [5.74, 6) is 0. The molecule has 0 amide bonds. The molecule has 0 aliphatic carbocycles. The minimum absolute atomic E-state index is 0.859. The van der Waals surface area contributed by atoms with Crippen LogP contribution in [0.5, 0.6) is 0 Å². The molecule has 1 heterocycles. The Morgan fingerprint density at radius 2 is 2.07 bits per heavy atom. The standard InChI is InChI=1S/C11H11N3/c1-12-13-8-10-7-6-9-4-2-3-5-11(9)14-10/h2-8,12H,1H3. The summed E-state index contributed by atoms with van der Waals surface area (Å²) in [5.41, 5.74) is 4.55. The SMILES string of the molecule is CNN=Cc1ccc2ccccc2n1. The summed E-state index contributed by atoms with van der Waals surface area (Å²) >= 11 is 0. The van der Waals surface area contributed by atoms with Gasteiger partial charge in [0.15, 0.2) is 0 Å². The van der Waals surface area contributed by atoms with Crippen LogP contribution in [0, 0.1) is 0 Å². The van der Waals surface area contributed by atoms with Crippen LogP contribution in [0.25, 0.3) is 10.9 Å². The van der Waals surface area contributed by atoms with Crippen molar-refractivity contribution in [2.45, 2.75) is 0 Å². The minimum atomic E-state index is 0.859. The van der Waals surface area contributed by atoms with Gasteiger partial charge in [0.05, 0.1) is 17.4 Å². The first kappa shape index (κ1) is 8.69. The van der Waals surface area contributed by atoms with Crippen LogP contribution in [0.15, 0.2) is 41.5 Å². The Hall–Kier alpha value is -1.90. The quantitative estimate of drug-likeness (QED) is 0.572. The number of fused-ring (bicyclic) bond motifs is 1. The lowest BCUT2D eigenvalue weighted by Crippen LogP contribution is -1.96. The van der Waals surface area contributed by atoms with E-state index in [-0.39, 0.29) is 0 Å². The predicted molar refractivity (Wildman–Crippen MR) is 58.4 cm³/mol. The lowest BCUT2D eigenvalue weighted by molar-refractivity contribution is 0.907. The van der Waals surface area contributed by atoms with Crippen molar-refractivity contribution in [1.29, 1.82) is 0 Å². The predicted octanol–water partition coefficient (Wildman–Crippen LogP) is 1.79. The van der Waals surface area contributed by atoms with Crippen molar-refractivity contribution in [2.75, 3.05) is 7.05 Å². The highest BCUT2D eigenvalue weighted by atomic mass is 15.3. The maximum Gasteiger partial charge on any atom is 0.0837 e. The molecule has 0 atom stereocenters. The van der Waals surface area contributed by atoms with Crippen molar-refractivity contribution in [3.63, 3.8) is 0 Å². The lowest BCUT2D eigenvalue weighted by atomic mass is 10.2. The van der Waals surface area contributed by atoms with E-state index in [1.807, 2.05) is 36.4 Å². The van der Waals surface area contributed by atoms with Crippen molar-refractivity contribution in [2.24, 2.45) is 5.10 Å². The second kappa shape index (κ2) is 3.87. The molecule has 0 saturated carbocycles. The van der Waals surface area contributed by atoms with Crippen molar-refractivity contribution < 1.29 is 0 Å². The van der Waals surface area contributed by atoms with Crippen molar-refractivity contribution in [1.82, 2.24) is 10.4 Å². The van der Waals surface area contributed by atoms with Crippen molar-refractivity contribution in [3.8, 4) is 0 Å². The van der Waals surface area contributed by atoms with Gasteiger partial charge in [-0.3, -0.25) is 0 Å². The highest BCUT2D eigenvalue weighted by Crippen LogP contribution is 2.10. The molecule has 0 bridgehead atoms. The summed E-state index contributed by atoms with van der Waals surface area (Å²) in [6, 6.07) is 12.0. The van der Waals surface area contributed by atoms with Gasteiger partial charge in [0, 0.05) is 12.4 Å². The van der Waals surface area contributed by atoms with Gasteiger partial charge in [-0.1, -0.05) is 24.3 Å². The maximum absolute atomic E-state index is 4.42. The van der Waals surface area contributed by atoms with Gasteiger partial charge in [0.1, 0.15) is 0 Å². The van der Waals surface area contributed by atoms with E-state index in [9.17, 15) is 0 Å². The first-order chi connectivity index (χ1) is 6.90. The van der Waals surface area contributed by atoms with E-state index >= 15 is 0 Å². The number of benzene rings is 1. The highest BCUT2D eigenvalue weighted by molar-refractivity contribution is 5.84. The fraction of sp³-hybridized carbons (Fsp3) is 0.0909. The van der Waals surface area contributed by atoms with Crippen LogP contribution in [0.4, 0.5) is 0 Å². The molecular formula is C11H11N3. The first-order valence-electron chi connectivity index (χ1n) is 4.46. The number of aromatic nitrogens is 1. The molecule has 0 aliphatic heterocycles. The molecule has 0 fully saturated rings. The summed E-state index contributed by atoms with van der Waals surface area (Å²) in [6.45, 7) is 0. The molecule has 0 aliphatic rings. The Balaban J connectivity index is 2.46. The molecule has 1 aromatic heterocycles. The van der Waals surface area contributed by atoms with Gasteiger partial charge in [0.2, 0.25) is 0 Å². The maximum atomic E-state index is 4.42. The van der Waals surface area contributed by atoms with E-state index in [2.05, 4.69) is 15.5 Å². The number of nitrogens with zero attached hydrogens (tertiary/aromatic N) is 2. The summed E-state index contributed by atoms with van der Waals surface area (Å²) < 4.78 is 0. The van der Waals surface area contributed by atoms with Gasteiger partial charge in [-0.25, -0.2) is 4.98 Å². The fourth-order valence-electron chi connectivity index (χ4n) is 1.28. The molecule has 2 rings (SSSR count). The van der Waals surface area contributed by atoms with E-state index in [0.717, 1.165) is 16.6 Å². The fourth-order valence-corrected chi connectivity index (χ4v) is 1.28. The average molecular weight is 185 g/mol. The molecule has 0 radical (unpaired) electrons. The molecule has 3 heteroatoms. The highest BCUT2D eigenvalue weighted by Gasteiger charge is 1.93.